The highest BCUT2D eigenvalue weighted by Crippen LogP contribution is 2.42. The summed E-state index contributed by atoms with van der Waals surface area (Å²) in [5.41, 5.74) is 0. The van der Waals surface area contributed by atoms with E-state index in [2.05, 4.69) is 6.26 Å². The molecule has 42 valence electrons. The lowest BCUT2D eigenvalue weighted by Crippen LogP contribution is -1.85. The molecule has 1 aliphatic rings. The molecule has 0 N–H and O–H groups in total. The molecule has 0 aromatic carbocycles. The lowest BCUT2D eigenvalue weighted by Gasteiger charge is -1.97. The van der Waals surface area contributed by atoms with Crippen molar-refractivity contribution in [3.8, 4) is 0 Å². The molecule has 0 aromatic rings. The molecule has 0 bridgehead atoms. The Morgan fingerprint density at radius 3 is 2.86 bits per heavy atom. The zero-order chi connectivity index (χ0) is 5.11. The fourth-order valence-electron chi connectivity index (χ4n) is 0.474. The molecule has 0 nitrogen and oxygen atoms in total. The molecule has 0 aromatic heterocycles. The van der Waals surface area contributed by atoms with Crippen molar-refractivity contribution in [3.63, 3.8) is 0 Å². The number of hydrogen-bond donors (Lipinski definition) is 0. The van der Waals surface area contributed by atoms with Crippen LogP contribution in [-0.4, -0.2) is 16.6 Å². The Hall–Kier alpha value is 1.05. The van der Waals surface area contributed by atoms with Crippen LogP contribution in [0.4, 0.5) is 0 Å². The van der Waals surface area contributed by atoms with Gasteiger partial charge < -0.3 is 0 Å². The summed E-state index contributed by atoms with van der Waals surface area (Å²) < 4.78 is 0.894. The van der Waals surface area contributed by atoms with Crippen molar-refractivity contribution < 1.29 is 0 Å². The molecule has 1 fully saturated rings. The van der Waals surface area contributed by atoms with Crippen molar-refractivity contribution in [2.75, 3.05) is 12.0 Å². The van der Waals surface area contributed by atoms with E-state index in [0.29, 0.717) is 0 Å². The Balaban J connectivity index is 2.14. The van der Waals surface area contributed by atoms with Gasteiger partial charge in [-0.15, -0.1) is 0 Å². The fourth-order valence-corrected chi connectivity index (χ4v) is 4.76. The zero-order valence-corrected chi connectivity index (χ0v) is 6.67. The molecule has 1 rings (SSSR count). The summed E-state index contributed by atoms with van der Waals surface area (Å²) in [6.45, 7) is 0. The summed E-state index contributed by atoms with van der Waals surface area (Å²) in [5, 5.41) is 0. The smallest absolute Gasteiger partial charge is 0.0611 e. The third-order valence-electron chi connectivity index (χ3n) is 0.875. The molecule has 0 radical (unpaired) electrons. The second-order valence-electron chi connectivity index (χ2n) is 1.37. The summed E-state index contributed by atoms with van der Waals surface area (Å²) in [7, 11) is 4.02. The van der Waals surface area contributed by atoms with E-state index in [0.717, 1.165) is 4.58 Å². The van der Waals surface area contributed by atoms with Gasteiger partial charge in [-0.05, 0) is 12.7 Å². The number of rotatable bonds is 1. The molecule has 0 saturated carbocycles. The van der Waals surface area contributed by atoms with Gasteiger partial charge in [0.1, 0.15) is 0 Å². The van der Waals surface area contributed by atoms with Gasteiger partial charge in [-0.3, -0.25) is 0 Å². The maximum absolute atomic E-state index is 2.18. The highest BCUT2D eigenvalue weighted by Gasteiger charge is 2.13. The fraction of sp³-hybridized carbons (Fsp3) is 1.00. The maximum atomic E-state index is 2.18. The van der Waals surface area contributed by atoms with Gasteiger partial charge in [0.25, 0.3) is 0 Å². The Morgan fingerprint density at radius 2 is 2.57 bits per heavy atom. The summed E-state index contributed by atoms with van der Waals surface area (Å²) in [6, 6.07) is 0. The van der Waals surface area contributed by atoms with Crippen LogP contribution in [0.2, 0.25) is 0 Å². The quantitative estimate of drug-likeness (QED) is 0.530. The first-order chi connectivity index (χ1) is 3.43. The van der Waals surface area contributed by atoms with Crippen LogP contribution in [0.1, 0.15) is 6.42 Å². The van der Waals surface area contributed by atoms with Gasteiger partial charge in [-0.25, -0.2) is 0 Å². The van der Waals surface area contributed by atoms with Gasteiger partial charge in [0.15, 0.2) is 0 Å². The van der Waals surface area contributed by atoms with E-state index in [1.54, 1.807) is 0 Å². The van der Waals surface area contributed by atoms with Gasteiger partial charge in [0.05, 0.1) is 4.58 Å². The van der Waals surface area contributed by atoms with E-state index in [1.165, 1.54) is 12.2 Å². The molecule has 1 aliphatic heterocycles. The first-order valence-electron chi connectivity index (χ1n) is 2.24. The first-order valence-corrected chi connectivity index (χ1v) is 5.91. The predicted molar refractivity (Wildman–Crippen MR) is 42.0 cm³/mol. The normalized spacial score (nSPS) is 31.3. The highest BCUT2D eigenvalue weighted by atomic mass is 33.1. The van der Waals surface area contributed by atoms with Crippen LogP contribution >= 0.6 is 33.3 Å². The highest BCUT2D eigenvalue weighted by molar-refractivity contribution is 8.78. The van der Waals surface area contributed by atoms with Crippen molar-refractivity contribution in [1.82, 2.24) is 0 Å². The Morgan fingerprint density at radius 1 is 1.71 bits per heavy atom. The minimum Gasteiger partial charge on any atom is -0.150 e. The van der Waals surface area contributed by atoms with E-state index in [1.807, 2.05) is 33.3 Å². The third kappa shape index (κ3) is 1.78. The topological polar surface area (TPSA) is 0 Å². The van der Waals surface area contributed by atoms with Gasteiger partial charge >= 0.3 is 0 Å². The Kier molecular flexibility index (Phi) is 2.78. The van der Waals surface area contributed by atoms with Crippen molar-refractivity contribution in [2.45, 2.75) is 11.0 Å². The van der Waals surface area contributed by atoms with E-state index in [4.69, 9.17) is 0 Å². The molecule has 1 saturated heterocycles. The van der Waals surface area contributed by atoms with Crippen molar-refractivity contribution in [3.05, 3.63) is 0 Å². The standard InChI is InChI=1S/C4H8S3/c1-5-4-2-3-6-7-4/h4H,2-3H2,1H3. The van der Waals surface area contributed by atoms with Crippen LogP contribution in [0.5, 0.6) is 0 Å². The lowest BCUT2D eigenvalue weighted by molar-refractivity contribution is 1.10. The molecule has 1 heterocycles. The van der Waals surface area contributed by atoms with Crippen LogP contribution in [0.3, 0.4) is 0 Å². The van der Waals surface area contributed by atoms with Crippen LogP contribution in [0, 0.1) is 0 Å². The van der Waals surface area contributed by atoms with Gasteiger partial charge in [0.2, 0.25) is 0 Å². The largest absolute Gasteiger partial charge is 0.150 e. The van der Waals surface area contributed by atoms with E-state index in [9.17, 15) is 0 Å². The van der Waals surface area contributed by atoms with Gasteiger partial charge in [0, 0.05) is 5.75 Å². The van der Waals surface area contributed by atoms with Crippen LogP contribution < -0.4 is 0 Å². The molecule has 0 amide bonds. The van der Waals surface area contributed by atoms with E-state index >= 15 is 0 Å². The summed E-state index contributed by atoms with van der Waals surface area (Å²) in [5.74, 6) is 1.36. The second-order valence-corrected chi connectivity index (χ2v) is 5.40. The van der Waals surface area contributed by atoms with Crippen LogP contribution in [-0.2, 0) is 0 Å². The molecule has 0 spiro atoms. The molecule has 3 heteroatoms. The Bertz CT molecular complexity index is 48.9. The minimum absolute atomic E-state index is 0.894. The SMILES string of the molecule is CSC1CCSS1. The average Bonchev–Trinajstić information content (AvgIpc) is 2.14. The third-order valence-corrected chi connectivity index (χ3v) is 5.46. The van der Waals surface area contributed by atoms with Gasteiger partial charge in [-0.1, -0.05) is 21.6 Å². The molecular weight excluding hydrogens is 144 g/mol. The molecule has 1 unspecified atom stereocenters. The number of thioether (sulfide) groups is 1. The zero-order valence-electron chi connectivity index (χ0n) is 4.22. The number of hydrogen-bond acceptors (Lipinski definition) is 3. The predicted octanol–water partition coefficient (Wildman–Crippen LogP) is 2.46. The van der Waals surface area contributed by atoms with E-state index < -0.39 is 0 Å². The molecular formula is C4H8S3. The van der Waals surface area contributed by atoms with Crippen molar-refractivity contribution in [1.29, 1.82) is 0 Å². The monoisotopic (exact) mass is 152 g/mol. The Labute approximate surface area is 56.6 Å². The molecule has 1 atom stereocenters. The van der Waals surface area contributed by atoms with E-state index in [-0.39, 0.29) is 0 Å². The summed E-state index contributed by atoms with van der Waals surface area (Å²) >= 11 is 1.97. The molecule has 7 heavy (non-hydrogen) atoms. The average molecular weight is 152 g/mol. The van der Waals surface area contributed by atoms with Crippen molar-refractivity contribution >= 4 is 33.3 Å². The van der Waals surface area contributed by atoms with Crippen molar-refractivity contribution in [2.24, 2.45) is 0 Å². The van der Waals surface area contributed by atoms with Gasteiger partial charge in [-0.2, -0.15) is 11.8 Å². The summed E-state index contributed by atoms with van der Waals surface area (Å²) in [4.78, 5) is 0. The lowest BCUT2D eigenvalue weighted by atomic mass is 10.6. The first kappa shape index (κ1) is 6.17. The summed E-state index contributed by atoms with van der Waals surface area (Å²) in [6.07, 6.45) is 3.58. The van der Waals surface area contributed by atoms with Crippen LogP contribution in [0.15, 0.2) is 0 Å². The molecule has 0 aliphatic carbocycles. The maximum Gasteiger partial charge on any atom is 0.0611 e. The second kappa shape index (κ2) is 3.15. The minimum atomic E-state index is 0.894. The van der Waals surface area contributed by atoms with Crippen LogP contribution in [0.25, 0.3) is 0 Å².